The number of aromatic nitrogens is 1. The van der Waals surface area contributed by atoms with Crippen LogP contribution in [0.15, 0.2) is 59.5 Å². The molecule has 3 aromatic carbocycles. The van der Waals surface area contributed by atoms with Gasteiger partial charge in [-0.15, -0.1) is 11.8 Å². The predicted octanol–water partition coefficient (Wildman–Crippen LogP) is 6.20. The Morgan fingerprint density at radius 1 is 1.10 bits per heavy atom. The summed E-state index contributed by atoms with van der Waals surface area (Å²) in [5.74, 6) is 1.89. The Morgan fingerprint density at radius 3 is 2.55 bits per heavy atom. The van der Waals surface area contributed by atoms with Crippen LogP contribution in [0, 0.1) is 11.3 Å². The number of aryl methyl sites for hydroxylation is 1. The molecule has 0 spiro atoms. The molecule has 0 bridgehead atoms. The first-order chi connectivity index (χ1) is 14.2. The molecule has 2 atom stereocenters. The van der Waals surface area contributed by atoms with Crippen molar-refractivity contribution in [3.8, 4) is 11.8 Å². The summed E-state index contributed by atoms with van der Waals surface area (Å²) in [6.07, 6.45) is 3.20. The van der Waals surface area contributed by atoms with Crippen LogP contribution in [-0.4, -0.2) is 17.9 Å². The molecular weight excluding hydrogens is 376 g/mol. The number of nitriles is 1. The molecule has 1 aliphatic carbocycles. The fraction of sp³-hybridized carbons (Fsp3) is 0.240. The second kappa shape index (κ2) is 6.86. The monoisotopic (exact) mass is 398 g/mol. The lowest BCUT2D eigenvalue weighted by Crippen LogP contribution is -1.96. The van der Waals surface area contributed by atoms with Crippen LogP contribution in [0.2, 0.25) is 0 Å². The Labute approximate surface area is 174 Å². The van der Waals surface area contributed by atoms with Gasteiger partial charge in [0.1, 0.15) is 11.8 Å². The maximum Gasteiger partial charge on any atom is 0.118 e. The summed E-state index contributed by atoms with van der Waals surface area (Å²) in [6, 6.07) is 21.6. The van der Waals surface area contributed by atoms with Gasteiger partial charge in [0, 0.05) is 28.2 Å². The summed E-state index contributed by atoms with van der Waals surface area (Å²) in [4.78, 5) is 1.08. The maximum atomic E-state index is 9.96. The molecule has 2 unspecified atom stereocenters. The van der Waals surface area contributed by atoms with Crippen LogP contribution in [0.3, 0.4) is 0 Å². The molecule has 5 rings (SSSR count). The van der Waals surface area contributed by atoms with Gasteiger partial charge in [-0.2, -0.15) is 5.26 Å². The zero-order valence-electron chi connectivity index (χ0n) is 16.8. The van der Waals surface area contributed by atoms with E-state index in [1.54, 1.807) is 18.9 Å². The first-order valence-corrected chi connectivity index (χ1v) is 11.0. The topological polar surface area (TPSA) is 37.9 Å². The van der Waals surface area contributed by atoms with Gasteiger partial charge in [-0.3, -0.25) is 0 Å². The van der Waals surface area contributed by atoms with Gasteiger partial charge in [0.2, 0.25) is 0 Å². The number of ether oxygens (including phenoxy) is 1. The van der Waals surface area contributed by atoms with Gasteiger partial charge in [0.05, 0.1) is 18.2 Å². The van der Waals surface area contributed by atoms with E-state index in [-0.39, 0.29) is 0 Å². The number of benzene rings is 3. The standard InChI is InChI=1S/C25H22N2OS/c1-27-22-7-5-4-6-17(22)24-21(14-26)23(29-3)13-20(25(24)27)19-12-18(19)15-8-10-16(28-2)11-9-15/h4-11,13,18-19H,12H2,1-3H3. The predicted molar refractivity (Wildman–Crippen MR) is 120 cm³/mol. The Hall–Kier alpha value is -2.90. The Morgan fingerprint density at radius 2 is 1.86 bits per heavy atom. The summed E-state index contributed by atoms with van der Waals surface area (Å²) in [5.41, 5.74) is 5.91. The molecular formula is C25H22N2OS. The highest BCUT2D eigenvalue weighted by Gasteiger charge is 2.41. The van der Waals surface area contributed by atoms with Gasteiger partial charge >= 0.3 is 0 Å². The maximum absolute atomic E-state index is 9.96. The van der Waals surface area contributed by atoms with E-state index < -0.39 is 0 Å². The largest absolute Gasteiger partial charge is 0.497 e. The third kappa shape index (κ3) is 2.73. The van der Waals surface area contributed by atoms with Crippen molar-refractivity contribution in [3.05, 3.63) is 71.3 Å². The van der Waals surface area contributed by atoms with Crippen LogP contribution < -0.4 is 4.74 Å². The van der Waals surface area contributed by atoms with Crippen molar-refractivity contribution in [2.75, 3.05) is 13.4 Å². The zero-order chi connectivity index (χ0) is 20.1. The first kappa shape index (κ1) is 18.1. The van der Waals surface area contributed by atoms with Crippen LogP contribution >= 0.6 is 11.8 Å². The van der Waals surface area contributed by atoms with Crippen LogP contribution in [0.1, 0.15) is 34.9 Å². The summed E-state index contributed by atoms with van der Waals surface area (Å²) >= 11 is 1.67. The molecule has 1 aliphatic rings. The molecule has 1 aromatic heterocycles. The second-order valence-corrected chi connectivity index (χ2v) is 8.52. The number of thioether (sulfide) groups is 1. The van der Waals surface area contributed by atoms with Gasteiger partial charge in [0.25, 0.3) is 0 Å². The zero-order valence-corrected chi connectivity index (χ0v) is 17.6. The molecule has 29 heavy (non-hydrogen) atoms. The molecule has 4 aromatic rings. The van der Waals surface area contributed by atoms with Gasteiger partial charge in [0.15, 0.2) is 0 Å². The van der Waals surface area contributed by atoms with Gasteiger partial charge < -0.3 is 9.30 Å². The second-order valence-electron chi connectivity index (χ2n) is 7.68. The van der Waals surface area contributed by atoms with Crippen LogP contribution in [-0.2, 0) is 7.05 Å². The molecule has 0 radical (unpaired) electrons. The fourth-order valence-corrected chi connectivity index (χ4v) is 5.30. The van der Waals surface area contributed by atoms with E-state index >= 15 is 0 Å². The highest BCUT2D eigenvalue weighted by atomic mass is 32.2. The summed E-state index contributed by atoms with van der Waals surface area (Å²) < 4.78 is 7.58. The summed E-state index contributed by atoms with van der Waals surface area (Å²) in [5, 5.41) is 12.2. The Kier molecular flexibility index (Phi) is 4.29. The average molecular weight is 399 g/mol. The molecule has 3 nitrogen and oxygen atoms in total. The minimum atomic E-state index is 0.479. The summed E-state index contributed by atoms with van der Waals surface area (Å²) in [7, 11) is 3.82. The minimum Gasteiger partial charge on any atom is -0.497 e. The SMILES string of the molecule is COc1ccc(C2CC2c2cc(SC)c(C#N)c3c4ccccc4n(C)c23)cc1. The van der Waals surface area contributed by atoms with Crippen molar-refractivity contribution in [2.24, 2.45) is 7.05 Å². The van der Waals surface area contributed by atoms with E-state index in [1.807, 2.05) is 12.1 Å². The number of hydrogen-bond donors (Lipinski definition) is 0. The quantitative estimate of drug-likeness (QED) is 0.384. The molecule has 0 N–H and O–H groups in total. The normalized spacial score (nSPS) is 18.1. The molecule has 1 fully saturated rings. The van der Waals surface area contributed by atoms with E-state index in [9.17, 15) is 5.26 Å². The van der Waals surface area contributed by atoms with Gasteiger partial charge in [-0.05, 0) is 59.9 Å². The number of rotatable bonds is 4. The highest BCUT2D eigenvalue weighted by molar-refractivity contribution is 7.98. The van der Waals surface area contributed by atoms with Crippen molar-refractivity contribution in [1.29, 1.82) is 5.26 Å². The molecule has 1 saturated carbocycles. The summed E-state index contributed by atoms with van der Waals surface area (Å²) in [6.45, 7) is 0. The van der Waals surface area contributed by atoms with Crippen molar-refractivity contribution in [3.63, 3.8) is 0 Å². The number of para-hydroxylation sites is 1. The third-order valence-corrected chi connectivity index (χ3v) is 6.99. The molecule has 0 aliphatic heterocycles. The number of methoxy groups -OCH3 is 1. The Bertz CT molecular complexity index is 1280. The van der Waals surface area contributed by atoms with Gasteiger partial charge in [-0.1, -0.05) is 30.3 Å². The smallest absolute Gasteiger partial charge is 0.118 e. The van der Waals surface area contributed by atoms with Crippen LogP contribution in [0.5, 0.6) is 5.75 Å². The highest BCUT2D eigenvalue weighted by Crippen LogP contribution is 2.57. The van der Waals surface area contributed by atoms with Crippen LogP contribution in [0.4, 0.5) is 0 Å². The van der Waals surface area contributed by atoms with Crippen LogP contribution in [0.25, 0.3) is 21.8 Å². The molecule has 0 amide bonds. The number of fused-ring (bicyclic) bond motifs is 3. The average Bonchev–Trinajstić information content (AvgIpc) is 3.52. The van der Waals surface area contributed by atoms with E-state index in [1.165, 1.54) is 27.5 Å². The third-order valence-electron chi connectivity index (χ3n) is 6.23. The minimum absolute atomic E-state index is 0.479. The number of hydrogen-bond acceptors (Lipinski definition) is 3. The van der Waals surface area contributed by atoms with Crippen molar-refractivity contribution in [1.82, 2.24) is 4.57 Å². The fourth-order valence-electron chi connectivity index (χ4n) is 4.70. The first-order valence-electron chi connectivity index (χ1n) is 9.80. The molecule has 144 valence electrons. The lowest BCUT2D eigenvalue weighted by molar-refractivity contribution is 0.414. The lowest BCUT2D eigenvalue weighted by atomic mass is 9.98. The molecule has 4 heteroatoms. The van der Waals surface area contributed by atoms with E-state index in [0.717, 1.165) is 28.0 Å². The van der Waals surface area contributed by atoms with E-state index in [2.05, 4.69) is 66.4 Å². The molecule has 1 heterocycles. The molecule has 0 saturated heterocycles. The Balaban J connectivity index is 1.71. The van der Waals surface area contributed by atoms with Crippen molar-refractivity contribution in [2.45, 2.75) is 23.2 Å². The van der Waals surface area contributed by atoms with Crippen molar-refractivity contribution >= 4 is 33.6 Å². The van der Waals surface area contributed by atoms with Crippen molar-refractivity contribution < 1.29 is 4.74 Å². The van der Waals surface area contributed by atoms with Gasteiger partial charge in [-0.25, -0.2) is 0 Å². The lowest BCUT2D eigenvalue weighted by Gasteiger charge is -2.11. The van der Waals surface area contributed by atoms with E-state index in [0.29, 0.717) is 11.8 Å². The number of nitrogens with zero attached hydrogens (tertiary/aromatic N) is 2. The van der Waals surface area contributed by atoms with E-state index in [4.69, 9.17) is 4.74 Å².